The number of guanidine groups is 2. The third kappa shape index (κ3) is 20.1. The summed E-state index contributed by atoms with van der Waals surface area (Å²) >= 11 is 0. The number of aromatic amines is 1. The van der Waals surface area contributed by atoms with Crippen molar-refractivity contribution in [2.45, 2.75) is 120 Å². The number of aliphatic imine (C=N–C) groups is 2. The fraction of sp³-hybridized carbons (Fsp3) is 0.458. The minimum atomic E-state index is -1.76. The van der Waals surface area contributed by atoms with Crippen molar-refractivity contribution in [2.75, 3.05) is 25.4 Å². The minimum absolute atomic E-state index is 0.00394. The molecule has 4 rings (SSSR count). The van der Waals surface area contributed by atoms with Crippen LogP contribution in [0.1, 0.15) is 75.8 Å². The van der Waals surface area contributed by atoms with Gasteiger partial charge in [-0.05, 0) is 74.3 Å². The fourth-order valence-electron chi connectivity index (χ4n) is 8.12. The van der Waals surface area contributed by atoms with E-state index in [0.29, 0.717) is 16.8 Å². The first kappa shape index (κ1) is 59.6. The van der Waals surface area contributed by atoms with E-state index in [1.165, 1.54) is 6.92 Å². The molecule has 1 aromatic heterocycles. The highest BCUT2D eigenvalue weighted by atomic mass is 16.2. The van der Waals surface area contributed by atoms with Crippen LogP contribution in [0, 0.1) is 0 Å². The first-order chi connectivity index (χ1) is 36.1. The molecule has 10 amide bonds. The zero-order chi connectivity index (χ0) is 55.9. The smallest absolute Gasteiger partial charge is 0.243 e. The highest BCUT2D eigenvalue weighted by Crippen LogP contribution is 2.20. The van der Waals surface area contributed by atoms with Crippen molar-refractivity contribution < 1.29 is 47.9 Å². The van der Waals surface area contributed by atoms with Crippen LogP contribution in [-0.2, 0) is 60.8 Å². The first-order valence-corrected chi connectivity index (χ1v) is 24.5. The summed E-state index contributed by atoms with van der Waals surface area (Å²) in [5, 5.41) is 21.4. The highest BCUT2D eigenvalue weighted by molar-refractivity contribution is 5.99. The van der Waals surface area contributed by atoms with Crippen molar-refractivity contribution in [1.82, 2.24) is 47.5 Å². The van der Waals surface area contributed by atoms with Gasteiger partial charge < -0.3 is 87.7 Å². The number of amides is 10. The average molecular weight is 1060 g/mol. The lowest BCUT2D eigenvalue weighted by Crippen LogP contribution is -2.60. The molecule has 1 saturated heterocycles. The number of fused-ring (bicyclic) bond motifs is 1. The van der Waals surface area contributed by atoms with E-state index in [2.05, 4.69) is 57.5 Å². The number of nitrogens with zero attached hydrogens (tertiary/aromatic N) is 2. The van der Waals surface area contributed by atoms with Crippen LogP contribution in [0.25, 0.3) is 10.9 Å². The van der Waals surface area contributed by atoms with Gasteiger partial charge in [0.15, 0.2) is 11.9 Å². The SMILES string of the molecule is CC(=O)N[C@@H](CCCN=C(N)N)C(=O)N[C@H]1CCCNC(=O)CC[C@@H](C(N)=O)NC(=O)[C@H](Cc2c[nH]c3ccccc23)NC(=O)[C@H](CCCN=C(N)N)NC(=O)[C@@H](Cc2ccc(N)cc2)NC(=O)[C@H](CC(N)=O)NC1=O. The normalized spacial score (nSPS) is 20.9. The summed E-state index contributed by atoms with van der Waals surface area (Å²) < 4.78 is 0. The fourth-order valence-corrected chi connectivity index (χ4v) is 8.12. The summed E-state index contributed by atoms with van der Waals surface area (Å²) in [5.74, 6) is -9.23. The Hall–Kier alpha value is -8.98. The molecule has 2 heterocycles. The molecule has 1 aliphatic heterocycles. The molecular weight excluding hydrogens is 989 g/mol. The van der Waals surface area contributed by atoms with Crippen molar-refractivity contribution in [3.63, 3.8) is 0 Å². The molecule has 0 radical (unpaired) electrons. The summed E-state index contributed by atoms with van der Waals surface area (Å²) in [6.07, 6.45) is -0.130. The highest BCUT2D eigenvalue weighted by Gasteiger charge is 2.35. The summed E-state index contributed by atoms with van der Waals surface area (Å²) in [6, 6.07) is 3.15. The number of nitrogens with one attached hydrogen (secondary N) is 9. The van der Waals surface area contributed by atoms with Crippen molar-refractivity contribution >= 4 is 87.6 Å². The number of primary amides is 2. The van der Waals surface area contributed by atoms with Crippen LogP contribution < -0.4 is 82.7 Å². The number of rotatable bonds is 18. The Morgan fingerprint density at radius 1 is 0.697 bits per heavy atom. The van der Waals surface area contributed by atoms with Gasteiger partial charge in [-0.15, -0.1) is 0 Å². The molecule has 1 aliphatic rings. The average Bonchev–Trinajstić information content (AvgIpc) is 3.77. The van der Waals surface area contributed by atoms with E-state index >= 15 is 0 Å². The van der Waals surface area contributed by atoms with Crippen LogP contribution in [0.4, 0.5) is 5.69 Å². The van der Waals surface area contributed by atoms with E-state index in [1.54, 1.807) is 54.7 Å². The standard InChI is InChI=1S/C48H70N18O10/c1-25(67)60-32(9-5-19-57-47(52)53)41(71)62-33-10-4-18-56-39(69)17-16-31(40(51)70)61-45(75)36(22-27-24-59-30-8-3-2-7-29(27)30)65-42(72)34(11-6-20-58-48(54)55)63-44(74)35(21-26-12-14-28(49)15-13-26)64-46(76)37(23-38(50)68)66-43(33)73/h2-3,7-8,12-15,24,31-37,59H,4-6,9-11,16-23,49H2,1H3,(H2,50,68)(H2,51,70)(H,56,69)(H,60,67)(H,61,75)(H,62,71)(H,63,74)(H,64,76)(H,65,72)(H,66,73)(H4,52,53,57)(H4,54,55,58)/t31-,32-,33-,34-,35+,36-,37-/m0/s1. The number of anilines is 1. The second-order valence-electron chi connectivity index (χ2n) is 18.1. The molecule has 0 unspecified atom stereocenters. The number of hydrogen-bond acceptors (Lipinski definition) is 13. The largest absolute Gasteiger partial charge is 0.399 e. The predicted molar refractivity (Wildman–Crippen MR) is 280 cm³/mol. The lowest BCUT2D eigenvalue weighted by atomic mass is 10.0. The Morgan fingerprint density at radius 2 is 1.29 bits per heavy atom. The van der Waals surface area contributed by atoms with Crippen molar-refractivity contribution in [2.24, 2.45) is 44.4 Å². The molecule has 76 heavy (non-hydrogen) atoms. The van der Waals surface area contributed by atoms with Crippen LogP contribution in [0.3, 0.4) is 0 Å². The number of nitrogens with two attached hydrogens (primary N) is 7. The zero-order valence-corrected chi connectivity index (χ0v) is 42.2. The van der Waals surface area contributed by atoms with E-state index in [9.17, 15) is 47.9 Å². The lowest BCUT2D eigenvalue weighted by Gasteiger charge is -2.28. The van der Waals surface area contributed by atoms with Crippen LogP contribution >= 0.6 is 0 Å². The maximum Gasteiger partial charge on any atom is 0.243 e. The number of nitrogen functional groups attached to an aromatic ring is 1. The van der Waals surface area contributed by atoms with Gasteiger partial charge in [-0.3, -0.25) is 57.9 Å². The first-order valence-electron chi connectivity index (χ1n) is 24.5. The van der Waals surface area contributed by atoms with Gasteiger partial charge in [-0.2, -0.15) is 0 Å². The van der Waals surface area contributed by atoms with Gasteiger partial charge >= 0.3 is 0 Å². The molecule has 3 aromatic rings. The Morgan fingerprint density at radius 3 is 1.93 bits per heavy atom. The Balaban J connectivity index is 1.79. The number of carbonyl (C=O) groups is 10. The second-order valence-corrected chi connectivity index (χ2v) is 18.1. The van der Waals surface area contributed by atoms with E-state index in [1.807, 2.05) is 0 Å². The van der Waals surface area contributed by atoms with Gasteiger partial charge in [-0.1, -0.05) is 30.3 Å². The number of para-hydroxylation sites is 1. The van der Waals surface area contributed by atoms with Gasteiger partial charge in [0.1, 0.15) is 42.3 Å². The Labute approximate surface area is 437 Å². The summed E-state index contributed by atoms with van der Waals surface area (Å²) in [5.41, 5.74) is 41.3. The summed E-state index contributed by atoms with van der Waals surface area (Å²) in [4.78, 5) is 147. The number of hydrogen-bond donors (Lipinski definition) is 16. The lowest BCUT2D eigenvalue weighted by molar-refractivity contribution is -0.136. The minimum Gasteiger partial charge on any atom is -0.399 e. The molecule has 23 N–H and O–H groups in total. The molecule has 7 atom stereocenters. The van der Waals surface area contributed by atoms with E-state index in [-0.39, 0.29) is 95.8 Å². The topological polar surface area (TPSA) is 490 Å². The maximum absolute atomic E-state index is 14.6. The van der Waals surface area contributed by atoms with E-state index in [4.69, 9.17) is 40.1 Å². The van der Waals surface area contributed by atoms with Gasteiger partial charge in [0.25, 0.3) is 0 Å². The summed E-state index contributed by atoms with van der Waals surface area (Å²) in [7, 11) is 0. The predicted octanol–water partition coefficient (Wildman–Crippen LogP) is -4.89. The van der Waals surface area contributed by atoms with Crippen LogP contribution in [0.5, 0.6) is 0 Å². The van der Waals surface area contributed by atoms with Crippen molar-refractivity contribution in [3.8, 4) is 0 Å². The quantitative estimate of drug-likeness (QED) is 0.0246. The van der Waals surface area contributed by atoms with Gasteiger partial charge in [0, 0.05) is 68.6 Å². The van der Waals surface area contributed by atoms with Crippen LogP contribution in [0.15, 0.2) is 64.7 Å². The number of carbonyl (C=O) groups excluding carboxylic acids is 10. The third-order valence-corrected chi connectivity index (χ3v) is 12.0. The van der Waals surface area contributed by atoms with Gasteiger partial charge in [0.2, 0.25) is 59.1 Å². The van der Waals surface area contributed by atoms with Crippen molar-refractivity contribution in [1.29, 1.82) is 0 Å². The molecule has 0 saturated carbocycles. The Kier molecular flexibility index (Phi) is 23.2. The number of benzene rings is 2. The number of H-pyrrole nitrogens is 1. The van der Waals surface area contributed by atoms with E-state index < -0.39 is 108 Å². The number of aromatic nitrogens is 1. The molecule has 0 bridgehead atoms. The Bertz CT molecular complexity index is 2610. The molecule has 0 aliphatic carbocycles. The van der Waals surface area contributed by atoms with Crippen LogP contribution in [0.2, 0.25) is 0 Å². The molecule has 28 heteroatoms. The summed E-state index contributed by atoms with van der Waals surface area (Å²) in [6.45, 7) is 1.18. The van der Waals surface area contributed by atoms with Gasteiger partial charge in [0.05, 0.1) is 6.42 Å². The zero-order valence-electron chi connectivity index (χ0n) is 42.2. The molecule has 28 nitrogen and oxygen atoms in total. The molecule has 412 valence electrons. The third-order valence-electron chi connectivity index (χ3n) is 12.0. The second kappa shape index (κ2) is 29.7. The van der Waals surface area contributed by atoms with Gasteiger partial charge in [-0.25, -0.2) is 0 Å². The van der Waals surface area contributed by atoms with Crippen molar-refractivity contribution in [3.05, 3.63) is 65.9 Å². The van der Waals surface area contributed by atoms with E-state index in [0.717, 1.165) is 10.9 Å². The maximum atomic E-state index is 14.6. The molecule has 0 spiro atoms. The molecular formula is C48H70N18O10. The van der Waals surface area contributed by atoms with Crippen LogP contribution in [-0.4, -0.2) is 138 Å². The molecule has 2 aromatic carbocycles. The monoisotopic (exact) mass is 1060 g/mol. The molecule has 1 fully saturated rings.